The molecule has 0 aromatic rings. The lowest BCUT2D eigenvalue weighted by atomic mass is 10.1. The SMILES string of the molecule is CCCCCC/C=C/CCC/C=C/CCCCCC. The van der Waals surface area contributed by atoms with Crippen LogP contribution in [0, 0.1) is 0 Å². The summed E-state index contributed by atoms with van der Waals surface area (Å²) in [6.07, 6.45) is 27.0. The van der Waals surface area contributed by atoms with Gasteiger partial charge in [0.05, 0.1) is 0 Å². The summed E-state index contributed by atoms with van der Waals surface area (Å²) < 4.78 is 0. The van der Waals surface area contributed by atoms with E-state index in [4.69, 9.17) is 0 Å². The van der Waals surface area contributed by atoms with Gasteiger partial charge in [0, 0.05) is 0 Å². The normalized spacial score (nSPS) is 11.9. The maximum Gasteiger partial charge on any atom is -0.0348 e. The van der Waals surface area contributed by atoms with Crippen LogP contribution in [0.5, 0.6) is 0 Å². The van der Waals surface area contributed by atoms with Crippen LogP contribution >= 0.6 is 0 Å². The molecule has 0 saturated carbocycles. The van der Waals surface area contributed by atoms with E-state index in [1.165, 1.54) is 83.5 Å². The molecule has 0 aromatic carbocycles. The monoisotopic (exact) mass is 264 g/mol. The predicted octanol–water partition coefficient (Wildman–Crippen LogP) is 7.21. The summed E-state index contributed by atoms with van der Waals surface area (Å²) in [6.45, 7) is 4.54. The lowest BCUT2D eigenvalue weighted by Gasteiger charge is -1.95. The molecule has 0 aliphatic rings. The van der Waals surface area contributed by atoms with Crippen LogP contribution in [0.3, 0.4) is 0 Å². The first kappa shape index (κ1) is 18.5. The van der Waals surface area contributed by atoms with Crippen molar-refractivity contribution in [1.29, 1.82) is 0 Å². The number of allylic oxidation sites excluding steroid dienone is 4. The van der Waals surface area contributed by atoms with Crippen LogP contribution in [0.2, 0.25) is 0 Å². The molecule has 0 rings (SSSR count). The summed E-state index contributed by atoms with van der Waals surface area (Å²) in [5, 5.41) is 0. The van der Waals surface area contributed by atoms with Gasteiger partial charge in [-0.25, -0.2) is 0 Å². The van der Waals surface area contributed by atoms with Gasteiger partial charge in [-0.05, 0) is 44.9 Å². The average molecular weight is 264 g/mol. The van der Waals surface area contributed by atoms with E-state index < -0.39 is 0 Å². The van der Waals surface area contributed by atoms with Crippen LogP contribution in [0.15, 0.2) is 24.3 Å². The molecule has 0 nitrogen and oxygen atoms in total. The zero-order valence-corrected chi connectivity index (χ0v) is 13.5. The van der Waals surface area contributed by atoms with Gasteiger partial charge in [0.1, 0.15) is 0 Å². The molecule has 0 saturated heterocycles. The molecule has 0 bridgehead atoms. The molecule has 0 fully saturated rings. The molecule has 0 aliphatic heterocycles. The fourth-order valence-electron chi connectivity index (χ4n) is 2.20. The van der Waals surface area contributed by atoms with Gasteiger partial charge < -0.3 is 0 Å². The summed E-state index contributed by atoms with van der Waals surface area (Å²) in [6, 6.07) is 0. The zero-order valence-electron chi connectivity index (χ0n) is 13.5. The summed E-state index contributed by atoms with van der Waals surface area (Å²) in [5.74, 6) is 0. The first-order valence-corrected chi connectivity index (χ1v) is 8.71. The van der Waals surface area contributed by atoms with Crippen LogP contribution in [-0.4, -0.2) is 0 Å². The maximum absolute atomic E-state index is 2.38. The second-order valence-electron chi connectivity index (χ2n) is 5.57. The lowest BCUT2D eigenvalue weighted by Crippen LogP contribution is -1.75. The van der Waals surface area contributed by atoms with Crippen molar-refractivity contribution in [3.63, 3.8) is 0 Å². The molecule has 0 N–H and O–H groups in total. The fourth-order valence-corrected chi connectivity index (χ4v) is 2.20. The minimum absolute atomic E-state index is 1.26. The molecule has 0 heterocycles. The van der Waals surface area contributed by atoms with Crippen LogP contribution in [0.25, 0.3) is 0 Å². The van der Waals surface area contributed by atoms with Gasteiger partial charge in [-0.3, -0.25) is 0 Å². The molecule has 0 amide bonds. The van der Waals surface area contributed by atoms with E-state index in [1.54, 1.807) is 0 Å². The molecular weight excluding hydrogens is 228 g/mol. The Balaban J connectivity index is 3.12. The second-order valence-corrected chi connectivity index (χ2v) is 5.57. The lowest BCUT2D eigenvalue weighted by molar-refractivity contribution is 0.672. The number of hydrogen-bond acceptors (Lipinski definition) is 0. The Kier molecular flexibility index (Phi) is 17.0. The highest BCUT2D eigenvalue weighted by molar-refractivity contribution is 4.85. The van der Waals surface area contributed by atoms with Gasteiger partial charge >= 0.3 is 0 Å². The van der Waals surface area contributed by atoms with Crippen molar-refractivity contribution in [1.82, 2.24) is 0 Å². The second kappa shape index (κ2) is 17.5. The van der Waals surface area contributed by atoms with Crippen LogP contribution in [-0.2, 0) is 0 Å². The summed E-state index contributed by atoms with van der Waals surface area (Å²) in [7, 11) is 0. The van der Waals surface area contributed by atoms with Crippen molar-refractivity contribution < 1.29 is 0 Å². The predicted molar refractivity (Wildman–Crippen MR) is 89.6 cm³/mol. The Labute approximate surface area is 122 Å². The van der Waals surface area contributed by atoms with E-state index in [0.29, 0.717) is 0 Å². The minimum Gasteiger partial charge on any atom is -0.0885 e. The van der Waals surface area contributed by atoms with Gasteiger partial charge in [0.15, 0.2) is 0 Å². The standard InChI is InChI=1S/C19H36/c1-3-5-7-9-11-13-15-17-19-18-16-14-12-10-8-6-4-2/h13-16H,3-12,17-19H2,1-2H3/b15-13+,16-14+. The Morgan fingerprint density at radius 3 is 1.16 bits per heavy atom. The van der Waals surface area contributed by atoms with Gasteiger partial charge in [-0.15, -0.1) is 0 Å². The summed E-state index contributed by atoms with van der Waals surface area (Å²) >= 11 is 0. The van der Waals surface area contributed by atoms with Gasteiger partial charge in [-0.2, -0.15) is 0 Å². The van der Waals surface area contributed by atoms with E-state index in [1.807, 2.05) is 0 Å². The third kappa shape index (κ3) is 17.5. The quantitative estimate of drug-likeness (QED) is 0.230. The van der Waals surface area contributed by atoms with Gasteiger partial charge in [-0.1, -0.05) is 76.7 Å². The van der Waals surface area contributed by atoms with Gasteiger partial charge in [0.25, 0.3) is 0 Å². The van der Waals surface area contributed by atoms with E-state index in [0.717, 1.165) is 0 Å². The first-order chi connectivity index (χ1) is 9.41. The van der Waals surface area contributed by atoms with E-state index in [-0.39, 0.29) is 0 Å². The highest BCUT2D eigenvalue weighted by Gasteiger charge is 1.86. The Morgan fingerprint density at radius 1 is 0.421 bits per heavy atom. The van der Waals surface area contributed by atoms with Crippen molar-refractivity contribution in [2.75, 3.05) is 0 Å². The van der Waals surface area contributed by atoms with Crippen molar-refractivity contribution in [2.24, 2.45) is 0 Å². The third-order valence-corrected chi connectivity index (χ3v) is 3.52. The summed E-state index contributed by atoms with van der Waals surface area (Å²) in [4.78, 5) is 0. The molecule has 112 valence electrons. The molecule has 0 spiro atoms. The zero-order chi connectivity index (χ0) is 14.0. The largest absolute Gasteiger partial charge is 0.0885 e. The van der Waals surface area contributed by atoms with Gasteiger partial charge in [0.2, 0.25) is 0 Å². The number of hydrogen-bond donors (Lipinski definition) is 0. The first-order valence-electron chi connectivity index (χ1n) is 8.71. The Morgan fingerprint density at radius 2 is 0.789 bits per heavy atom. The third-order valence-electron chi connectivity index (χ3n) is 3.52. The molecule has 19 heavy (non-hydrogen) atoms. The molecule has 0 heteroatoms. The summed E-state index contributed by atoms with van der Waals surface area (Å²) in [5.41, 5.74) is 0. The van der Waals surface area contributed by atoms with Crippen molar-refractivity contribution in [3.05, 3.63) is 24.3 Å². The van der Waals surface area contributed by atoms with Crippen molar-refractivity contribution >= 4 is 0 Å². The highest BCUT2D eigenvalue weighted by Crippen LogP contribution is 2.06. The molecule has 0 aliphatic carbocycles. The average Bonchev–Trinajstić information content (AvgIpc) is 2.43. The number of rotatable bonds is 14. The topological polar surface area (TPSA) is 0 Å². The van der Waals surface area contributed by atoms with E-state index >= 15 is 0 Å². The van der Waals surface area contributed by atoms with Crippen LogP contribution in [0.1, 0.15) is 97.3 Å². The highest BCUT2D eigenvalue weighted by atomic mass is 13.9. The molecule has 0 radical (unpaired) electrons. The van der Waals surface area contributed by atoms with Crippen LogP contribution < -0.4 is 0 Å². The fraction of sp³-hybridized carbons (Fsp3) is 0.789. The minimum atomic E-state index is 1.26. The molecular formula is C19H36. The smallest absolute Gasteiger partial charge is 0.0348 e. The van der Waals surface area contributed by atoms with Crippen molar-refractivity contribution in [2.45, 2.75) is 97.3 Å². The van der Waals surface area contributed by atoms with Crippen molar-refractivity contribution in [3.8, 4) is 0 Å². The Bertz CT molecular complexity index is 178. The molecule has 0 atom stereocenters. The van der Waals surface area contributed by atoms with E-state index in [9.17, 15) is 0 Å². The molecule has 0 aromatic heterocycles. The maximum atomic E-state index is 2.38. The van der Waals surface area contributed by atoms with Crippen LogP contribution in [0.4, 0.5) is 0 Å². The molecule has 0 unspecified atom stereocenters. The number of unbranched alkanes of at least 4 members (excludes halogenated alkanes) is 10. The Hall–Kier alpha value is -0.520. The van der Waals surface area contributed by atoms with E-state index in [2.05, 4.69) is 38.2 Å².